The maximum absolute atomic E-state index is 12.5. The first-order valence-electron chi connectivity index (χ1n) is 8.82. The van der Waals surface area contributed by atoms with Crippen molar-refractivity contribution < 1.29 is 8.42 Å². The summed E-state index contributed by atoms with van der Waals surface area (Å²) in [5, 5.41) is 4.39. The number of fused-ring (bicyclic) bond motifs is 1. The normalized spacial score (nSPS) is 11.3. The van der Waals surface area contributed by atoms with E-state index in [-0.39, 0.29) is 4.90 Å². The minimum atomic E-state index is -3.62. The summed E-state index contributed by atoms with van der Waals surface area (Å²) in [5.41, 5.74) is 4.02. The van der Waals surface area contributed by atoms with Gasteiger partial charge in [0.25, 0.3) is 10.0 Å². The summed E-state index contributed by atoms with van der Waals surface area (Å²) in [5.74, 6) is 0. The molecule has 140 valence electrons. The van der Waals surface area contributed by atoms with Crippen LogP contribution in [0.3, 0.4) is 0 Å². The van der Waals surface area contributed by atoms with Crippen molar-refractivity contribution >= 4 is 38.0 Å². The summed E-state index contributed by atoms with van der Waals surface area (Å²) in [6.45, 7) is 1.86. The van der Waals surface area contributed by atoms with E-state index < -0.39 is 10.0 Å². The van der Waals surface area contributed by atoms with Gasteiger partial charge in [0.15, 0.2) is 0 Å². The van der Waals surface area contributed by atoms with E-state index in [0.29, 0.717) is 5.69 Å². The highest BCUT2D eigenvalue weighted by Crippen LogP contribution is 2.26. The lowest BCUT2D eigenvalue weighted by Gasteiger charge is -2.11. The van der Waals surface area contributed by atoms with Gasteiger partial charge in [-0.1, -0.05) is 30.3 Å². The maximum atomic E-state index is 12.5. The molecular weight excluding hydrogens is 370 g/mol. The largest absolute Gasteiger partial charge is 0.354 e. The maximum Gasteiger partial charge on any atom is 0.261 e. The third-order valence-electron chi connectivity index (χ3n) is 4.35. The Labute approximate surface area is 164 Å². The van der Waals surface area contributed by atoms with Crippen LogP contribution in [0.1, 0.15) is 5.56 Å². The van der Waals surface area contributed by atoms with E-state index in [1.165, 1.54) is 0 Å². The zero-order valence-electron chi connectivity index (χ0n) is 15.3. The molecule has 0 saturated heterocycles. The smallest absolute Gasteiger partial charge is 0.261 e. The highest BCUT2D eigenvalue weighted by molar-refractivity contribution is 7.92. The Bertz CT molecular complexity index is 1230. The van der Waals surface area contributed by atoms with Crippen molar-refractivity contribution in [2.24, 2.45) is 0 Å². The second kappa shape index (κ2) is 7.32. The number of hydrogen-bond donors (Lipinski definition) is 2. The zero-order valence-corrected chi connectivity index (χ0v) is 16.1. The molecule has 28 heavy (non-hydrogen) atoms. The first-order valence-corrected chi connectivity index (χ1v) is 10.3. The molecule has 3 aromatic carbocycles. The minimum absolute atomic E-state index is 0.247. The highest BCUT2D eigenvalue weighted by atomic mass is 32.2. The van der Waals surface area contributed by atoms with Gasteiger partial charge in [-0.2, -0.15) is 0 Å². The number of nitrogens with one attached hydrogen (secondary N) is 2. The number of aryl methyl sites for hydroxylation is 1. The van der Waals surface area contributed by atoms with E-state index in [2.05, 4.69) is 15.0 Å². The third-order valence-corrected chi connectivity index (χ3v) is 5.73. The number of anilines is 3. The quantitative estimate of drug-likeness (QED) is 0.499. The van der Waals surface area contributed by atoms with Crippen molar-refractivity contribution in [1.29, 1.82) is 0 Å². The predicted molar refractivity (Wildman–Crippen MR) is 113 cm³/mol. The number of sulfonamides is 1. The van der Waals surface area contributed by atoms with Crippen LogP contribution in [0.5, 0.6) is 0 Å². The lowest BCUT2D eigenvalue weighted by atomic mass is 10.2. The lowest BCUT2D eigenvalue weighted by Crippen LogP contribution is -2.13. The van der Waals surface area contributed by atoms with Gasteiger partial charge in [-0.15, -0.1) is 0 Å². The summed E-state index contributed by atoms with van der Waals surface area (Å²) in [4.78, 5) is 4.68. The fourth-order valence-corrected chi connectivity index (χ4v) is 4.14. The fourth-order valence-electron chi connectivity index (χ4n) is 2.98. The molecule has 0 atom stereocenters. The second-order valence-corrected chi connectivity index (χ2v) is 8.19. The van der Waals surface area contributed by atoms with Gasteiger partial charge in [-0.25, -0.2) is 8.42 Å². The van der Waals surface area contributed by atoms with Gasteiger partial charge in [0.05, 0.1) is 16.1 Å². The summed E-state index contributed by atoms with van der Waals surface area (Å²) in [6.07, 6.45) is 1.76. The Kier molecular flexibility index (Phi) is 4.71. The van der Waals surface area contributed by atoms with Crippen LogP contribution in [0.4, 0.5) is 17.1 Å². The van der Waals surface area contributed by atoms with Gasteiger partial charge in [0.1, 0.15) is 0 Å². The molecular formula is C22H19N3O2S. The number of benzene rings is 3. The van der Waals surface area contributed by atoms with Gasteiger partial charge in [0, 0.05) is 23.0 Å². The lowest BCUT2D eigenvalue weighted by molar-refractivity contribution is 0.601. The summed E-state index contributed by atoms with van der Waals surface area (Å²) >= 11 is 0. The van der Waals surface area contributed by atoms with Gasteiger partial charge in [-0.05, 0) is 61.0 Å². The highest BCUT2D eigenvalue weighted by Gasteiger charge is 2.14. The molecule has 4 rings (SSSR count). The van der Waals surface area contributed by atoms with Gasteiger partial charge in [0.2, 0.25) is 0 Å². The molecule has 0 amide bonds. The van der Waals surface area contributed by atoms with E-state index in [4.69, 9.17) is 0 Å². The Morgan fingerprint density at radius 3 is 2.32 bits per heavy atom. The van der Waals surface area contributed by atoms with Crippen molar-refractivity contribution in [3.63, 3.8) is 0 Å². The molecule has 0 fully saturated rings. The van der Waals surface area contributed by atoms with Crippen LogP contribution >= 0.6 is 0 Å². The van der Waals surface area contributed by atoms with E-state index in [0.717, 1.165) is 27.8 Å². The molecule has 0 aliphatic heterocycles. The number of aromatic nitrogens is 1. The summed E-state index contributed by atoms with van der Waals surface area (Å²) in [7, 11) is -3.62. The summed E-state index contributed by atoms with van der Waals surface area (Å²) in [6, 6.07) is 23.8. The molecule has 0 spiro atoms. The number of hydrogen-bond acceptors (Lipinski definition) is 4. The number of rotatable bonds is 5. The Hall–Kier alpha value is -3.38. The van der Waals surface area contributed by atoms with Gasteiger partial charge < -0.3 is 5.32 Å². The van der Waals surface area contributed by atoms with Crippen LogP contribution in [-0.2, 0) is 10.0 Å². The molecule has 1 aromatic heterocycles. The van der Waals surface area contributed by atoms with Crippen LogP contribution in [0.2, 0.25) is 0 Å². The molecule has 4 aromatic rings. The van der Waals surface area contributed by atoms with E-state index in [9.17, 15) is 8.42 Å². The van der Waals surface area contributed by atoms with Crippen molar-refractivity contribution in [2.45, 2.75) is 11.8 Å². The van der Waals surface area contributed by atoms with Crippen LogP contribution < -0.4 is 10.0 Å². The molecule has 0 radical (unpaired) electrons. The summed E-state index contributed by atoms with van der Waals surface area (Å²) < 4.78 is 27.7. The van der Waals surface area contributed by atoms with Crippen molar-refractivity contribution in [2.75, 3.05) is 10.0 Å². The molecule has 0 unspecified atom stereocenters. The van der Waals surface area contributed by atoms with Crippen LogP contribution in [0.25, 0.3) is 10.9 Å². The minimum Gasteiger partial charge on any atom is -0.354 e. The Morgan fingerprint density at radius 2 is 1.54 bits per heavy atom. The van der Waals surface area contributed by atoms with E-state index in [1.54, 1.807) is 36.5 Å². The molecule has 0 aliphatic rings. The predicted octanol–water partition coefficient (Wildman–Crippen LogP) is 5.09. The standard InChI is InChI=1S/C22H19N3O2S/c1-16-5-2-8-20(15-16)28(26,27)25-19-12-10-18(11-13-19)24-21-9-3-6-17-7-4-14-23-22(17)21/h2-15,24-25H,1H3. The SMILES string of the molecule is Cc1cccc(S(=O)(=O)Nc2ccc(Nc3cccc4cccnc34)cc2)c1. The van der Waals surface area contributed by atoms with Crippen molar-refractivity contribution in [3.8, 4) is 0 Å². The number of para-hydroxylation sites is 1. The first kappa shape index (κ1) is 18.0. The molecule has 2 N–H and O–H groups in total. The molecule has 6 heteroatoms. The average Bonchev–Trinajstić information content (AvgIpc) is 2.70. The van der Waals surface area contributed by atoms with Crippen molar-refractivity contribution in [3.05, 3.63) is 90.6 Å². The zero-order chi connectivity index (χ0) is 19.6. The van der Waals surface area contributed by atoms with E-state index in [1.807, 2.05) is 55.5 Å². The van der Waals surface area contributed by atoms with E-state index >= 15 is 0 Å². The van der Waals surface area contributed by atoms with Crippen molar-refractivity contribution in [1.82, 2.24) is 4.98 Å². The molecule has 5 nitrogen and oxygen atoms in total. The Morgan fingerprint density at radius 1 is 0.821 bits per heavy atom. The topological polar surface area (TPSA) is 71.1 Å². The van der Waals surface area contributed by atoms with Crippen LogP contribution in [0, 0.1) is 6.92 Å². The third kappa shape index (κ3) is 3.82. The fraction of sp³-hybridized carbons (Fsp3) is 0.0455. The number of nitrogens with zero attached hydrogens (tertiary/aromatic N) is 1. The van der Waals surface area contributed by atoms with Gasteiger partial charge in [-0.3, -0.25) is 9.71 Å². The molecule has 0 saturated carbocycles. The molecule has 0 bridgehead atoms. The monoisotopic (exact) mass is 389 g/mol. The number of pyridine rings is 1. The van der Waals surface area contributed by atoms with Crippen LogP contribution in [0.15, 0.2) is 90.0 Å². The first-order chi connectivity index (χ1) is 13.5. The Balaban J connectivity index is 1.54. The molecule has 1 heterocycles. The van der Waals surface area contributed by atoms with Crippen LogP contribution in [-0.4, -0.2) is 13.4 Å². The molecule has 0 aliphatic carbocycles. The average molecular weight is 389 g/mol. The van der Waals surface area contributed by atoms with Gasteiger partial charge >= 0.3 is 0 Å². The second-order valence-electron chi connectivity index (χ2n) is 6.51.